The standard InChI is InChI=1S/C23H30ClN3O4S/c1-5-13-25-23(29)18(3)26(15-19-10-7-6-9-17(19)2)22(28)16-27(32(4,30)31)21-12-8-11-20(24)14-21/h6-12,14,18H,5,13,15-16H2,1-4H3,(H,25,29). The number of benzene rings is 2. The number of hydrogen-bond acceptors (Lipinski definition) is 4. The summed E-state index contributed by atoms with van der Waals surface area (Å²) in [5.41, 5.74) is 2.14. The topological polar surface area (TPSA) is 86.8 Å². The summed E-state index contributed by atoms with van der Waals surface area (Å²) < 4.78 is 26.0. The fourth-order valence-electron chi connectivity index (χ4n) is 3.19. The van der Waals surface area contributed by atoms with Crippen molar-refractivity contribution in [3.05, 3.63) is 64.7 Å². The predicted octanol–water partition coefficient (Wildman–Crippen LogP) is 3.36. The van der Waals surface area contributed by atoms with E-state index < -0.39 is 28.5 Å². The average Bonchev–Trinajstić information content (AvgIpc) is 2.73. The Morgan fingerprint density at radius 1 is 1.12 bits per heavy atom. The van der Waals surface area contributed by atoms with Crippen molar-refractivity contribution >= 4 is 39.1 Å². The summed E-state index contributed by atoms with van der Waals surface area (Å²) in [6, 6.07) is 13.1. The molecule has 0 aliphatic carbocycles. The minimum Gasteiger partial charge on any atom is -0.354 e. The van der Waals surface area contributed by atoms with Gasteiger partial charge in [0.15, 0.2) is 0 Å². The molecule has 1 atom stereocenters. The Bertz CT molecular complexity index is 1060. The molecule has 0 heterocycles. The summed E-state index contributed by atoms with van der Waals surface area (Å²) in [4.78, 5) is 27.5. The molecule has 32 heavy (non-hydrogen) atoms. The van der Waals surface area contributed by atoms with Crippen LogP contribution in [-0.4, -0.2) is 50.5 Å². The third kappa shape index (κ3) is 6.97. The summed E-state index contributed by atoms with van der Waals surface area (Å²) in [5, 5.41) is 3.16. The van der Waals surface area contributed by atoms with E-state index in [2.05, 4.69) is 5.32 Å². The molecule has 0 aromatic heterocycles. The monoisotopic (exact) mass is 479 g/mol. The second-order valence-corrected chi connectivity index (χ2v) is 10.0. The fraction of sp³-hybridized carbons (Fsp3) is 0.391. The number of rotatable bonds is 10. The van der Waals surface area contributed by atoms with Gasteiger partial charge in [0, 0.05) is 18.1 Å². The first-order valence-electron chi connectivity index (χ1n) is 10.4. The summed E-state index contributed by atoms with van der Waals surface area (Å²) in [5.74, 6) is -0.778. The number of anilines is 1. The highest BCUT2D eigenvalue weighted by molar-refractivity contribution is 7.92. The lowest BCUT2D eigenvalue weighted by Gasteiger charge is -2.31. The second kappa shape index (κ2) is 11.3. The molecule has 0 aliphatic heterocycles. The number of aryl methyl sites for hydroxylation is 1. The Kier molecular flexibility index (Phi) is 9.09. The van der Waals surface area contributed by atoms with Gasteiger partial charge in [0.05, 0.1) is 11.9 Å². The lowest BCUT2D eigenvalue weighted by molar-refractivity contribution is -0.139. The molecule has 2 amide bonds. The largest absolute Gasteiger partial charge is 0.354 e. The van der Waals surface area contributed by atoms with Gasteiger partial charge in [-0.15, -0.1) is 0 Å². The molecule has 0 bridgehead atoms. The highest BCUT2D eigenvalue weighted by Crippen LogP contribution is 2.23. The Balaban J connectivity index is 2.38. The molecule has 0 fully saturated rings. The van der Waals surface area contributed by atoms with Crippen LogP contribution in [0, 0.1) is 6.92 Å². The van der Waals surface area contributed by atoms with Crippen LogP contribution in [0.1, 0.15) is 31.4 Å². The molecule has 1 N–H and O–H groups in total. The van der Waals surface area contributed by atoms with Gasteiger partial charge < -0.3 is 10.2 Å². The maximum absolute atomic E-state index is 13.4. The van der Waals surface area contributed by atoms with Crippen LogP contribution < -0.4 is 9.62 Å². The Labute approximate surface area is 195 Å². The zero-order valence-corrected chi connectivity index (χ0v) is 20.4. The Morgan fingerprint density at radius 2 is 1.81 bits per heavy atom. The maximum Gasteiger partial charge on any atom is 0.244 e. The molecule has 1 unspecified atom stereocenters. The molecule has 0 saturated heterocycles. The van der Waals surface area contributed by atoms with E-state index in [1.807, 2.05) is 38.1 Å². The normalized spacial score (nSPS) is 12.2. The van der Waals surface area contributed by atoms with E-state index in [0.717, 1.165) is 28.1 Å². The van der Waals surface area contributed by atoms with Crippen LogP contribution >= 0.6 is 11.6 Å². The van der Waals surface area contributed by atoms with Crippen LogP contribution in [0.3, 0.4) is 0 Å². The van der Waals surface area contributed by atoms with Crippen molar-refractivity contribution in [3.8, 4) is 0 Å². The van der Waals surface area contributed by atoms with E-state index in [1.54, 1.807) is 25.1 Å². The van der Waals surface area contributed by atoms with Gasteiger partial charge in [0.25, 0.3) is 0 Å². The molecule has 0 radical (unpaired) electrons. The highest BCUT2D eigenvalue weighted by Gasteiger charge is 2.30. The van der Waals surface area contributed by atoms with Gasteiger partial charge in [0.2, 0.25) is 21.8 Å². The van der Waals surface area contributed by atoms with Gasteiger partial charge in [-0.3, -0.25) is 13.9 Å². The van der Waals surface area contributed by atoms with Crippen molar-refractivity contribution in [1.29, 1.82) is 0 Å². The zero-order chi connectivity index (χ0) is 23.9. The van der Waals surface area contributed by atoms with Crippen molar-refractivity contribution in [2.24, 2.45) is 0 Å². The van der Waals surface area contributed by atoms with Crippen molar-refractivity contribution in [2.75, 3.05) is 23.7 Å². The van der Waals surface area contributed by atoms with Crippen LogP contribution in [0.25, 0.3) is 0 Å². The number of carbonyl (C=O) groups excluding carboxylic acids is 2. The first kappa shape index (κ1) is 25.7. The highest BCUT2D eigenvalue weighted by atomic mass is 35.5. The molecule has 174 valence electrons. The third-order valence-corrected chi connectivity index (χ3v) is 6.47. The van der Waals surface area contributed by atoms with Crippen LogP contribution in [-0.2, 0) is 26.2 Å². The Hall–Kier alpha value is -2.58. The number of nitrogens with one attached hydrogen (secondary N) is 1. The quantitative estimate of drug-likeness (QED) is 0.566. The molecule has 0 aliphatic rings. The zero-order valence-electron chi connectivity index (χ0n) is 18.8. The first-order valence-corrected chi connectivity index (χ1v) is 12.6. The Morgan fingerprint density at radius 3 is 2.41 bits per heavy atom. The van der Waals surface area contributed by atoms with E-state index in [0.29, 0.717) is 11.6 Å². The number of sulfonamides is 1. The average molecular weight is 480 g/mol. The number of carbonyl (C=O) groups is 2. The SMILES string of the molecule is CCCNC(=O)C(C)N(Cc1ccccc1C)C(=O)CN(c1cccc(Cl)c1)S(C)(=O)=O. The number of amides is 2. The molecular weight excluding hydrogens is 450 g/mol. The van der Waals surface area contributed by atoms with E-state index >= 15 is 0 Å². The molecule has 9 heteroatoms. The van der Waals surface area contributed by atoms with Crippen LogP contribution in [0.5, 0.6) is 0 Å². The predicted molar refractivity (Wildman–Crippen MR) is 128 cm³/mol. The molecule has 0 spiro atoms. The van der Waals surface area contributed by atoms with Gasteiger partial charge in [-0.05, 0) is 49.6 Å². The van der Waals surface area contributed by atoms with Crippen LogP contribution in [0.4, 0.5) is 5.69 Å². The molecule has 2 rings (SSSR count). The summed E-state index contributed by atoms with van der Waals surface area (Å²) in [6.45, 7) is 5.74. The second-order valence-electron chi connectivity index (χ2n) is 7.66. The van der Waals surface area contributed by atoms with E-state index in [9.17, 15) is 18.0 Å². The van der Waals surface area contributed by atoms with Crippen molar-refractivity contribution < 1.29 is 18.0 Å². The van der Waals surface area contributed by atoms with E-state index in [-0.39, 0.29) is 18.1 Å². The van der Waals surface area contributed by atoms with E-state index in [1.165, 1.54) is 11.0 Å². The number of hydrogen-bond donors (Lipinski definition) is 1. The van der Waals surface area contributed by atoms with Gasteiger partial charge in [-0.25, -0.2) is 8.42 Å². The van der Waals surface area contributed by atoms with Gasteiger partial charge in [-0.1, -0.05) is 48.9 Å². The van der Waals surface area contributed by atoms with Crippen molar-refractivity contribution in [1.82, 2.24) is 10.2 Å². The van der Waals surface area contributed by atoms with Crippen LogP contribution in [0.2, 0.25) is 5.02 Å². The molecule has 2 aromatic carbocycles. The fourth-order valence-corrected chi connectivity index (χ4v) is 4.22. The van der Waals surface area contributed by atoms with Crippen LogP contribution in [0.15, 0.2) is 48.5 Å². The minimum atomic E-state index is -3.78. The molecule has 2 aromatic rings. The smallest absolute Gasteiger partial charge is 0.244 e. The molecular formula is C23H30ClN3O4S. The molecule has 0 saturated carbocycles. The van der Waals surface area contributed by atoms with Crippen molar-refractivity contribution in [3.63, 3.8) is 0 Å². The first-order chi connectivity index (χ1) is 15.0. The summed E-state index contributed by atoms with van der Waals surface area (Å²) in [6.07, 6.45) is 1.80. The molecule has 7 nitrogen and oxygen atoms in total. The van der Waals surface area contributed by atoms with Gasteiger partial charge in [0.1, 0.15) is 12.6 Å². The summed E-state index contributed by atoms with van der Waals surface area (Å²) >= 11 is 6.03. The minimum absolute atomic E-state index is 0.180. The number of halogens is 1. The van der Waals surface area contributed by atoms with E-state index in [4.69, 9.17) is 11.6 Å². The van der Waals surface area contributed by atoms with Crippen molar-refractivity contribution in [2.45, 2.75) is 39.8 Å². The summed E-state index contributed by atoms with van der Waals surface area (Å²) in [7, 11) is -3.78. The third-order valence-electron chi connectivity index (χ3n) is 5.09. The van der Waals surface area contributed by atoms with Gasteiger partial charge in [-0.2, -0.15) is 0 Å². The maximum atomic E-state index is 13.4. The lowest BCUT2D eigenvalue weighted by Crippen LogP contribution is -2.51. The lowest BCUT2D eigenvalue weighted by atomic mass is 10.1. The number of nitrogens with zero attached hydrogens (tertiary/aromatic N) is 2. The van der Waals surface area contributed by atoms with Gasteiger partial charge >= 0.3 is 0 Å².